The highest BCUT2D eigenvalue weighted by Crippen LogP contribution is 2.08. The molecule has 106 valence electrons. The molecule has 0 aliphatic heterocycles. The summed E-state index contributed by atoms with van der Waals surface area (Å²) in [4.78, 5) is -0.178. The third kappa shape index (κ3) is 9.19. The van der Waals surface area contributed by atoms with Crippen molar-refractivity contribution in [1.82, 2.24) is 0 Å². The maximum absolute atomic E-state index is 10.4. The van der Waals surface area contributed by atoms with E-state index in [0.717, 1.165) is 16.6 Å². The molecule has 0 saturated heterocycles. The van der Waals surface area contributed by atoms with Gasteiger partial charge in [-0.15, -0.1) is 0 Å². The van der Waals surface area contributed by atoms with Crippen molar-refractivity contribution in [1.29, 1.82) is 5.26 Å². The van der Waals surface area contributed by atoms with Crippen LogP contribution in [0.25, 0.3) is 0 Å². The van der Waals surface area contributed by atoms with Crippen LogP contribution in [-0.4, -0.2) is 45.1 Å². The minimum absolute atomic E-state index is 0.178. The lowest BCUT2D eigenvalue weighted by molar-refractivity contribution is -0.869. The van der Waals surface area contributed by atoms with Crippen LogP contribution in [0.4, 0.5) is 0 Å². The Morgan fingerprint density at radius 2 is 1.68 bits per heavy atom. The Balaban J connectivity index is 0.000000362. The Hall–Kier alpha value is -1.42. The first kappa shape index (κ1) is 17.6. The minimum Gasteiger partial charge on any atom is -0.744 e. The van der Waals surface area contributed by atoms with E-state index >= 15 is 0 Å². The van der Waals surface area contributed by atoms with E-state index in [1.54, 1.807) is 12.1 Å². The van der Waals surface area contributed by atoms with Crippen molar-refractivity contribution in [3.63, 3.8) is 0 Å². The van der Waals surface area contributed by atoms with Crippen LogP contribution in [0, 0.1) is 18.3 Å². The van der Waals surface area contributed by atoms with Crippen LogP contribution in [0.2, 0.25) is 0 Å². The van der Waals surface area contributed by atoms with Crippen molar-refractivity contribution in [2.45, 2.75) is 18.2 Å². The molecule has 0 amide bonds. The van der Waals surface area contributed by atoms with Crippen molar-refractivity contribution in [3.8, 4) is 6.07 Å². The van der Waals surface area contributed by atoms with Gasteiger partial charge in [-0.1, -0.05) is 17.7 Å². The fourth-order valence-corrected chi connectivity index (χ4v) is 1.56. The van der Waals surface area contributed by atoms with Gasteiger partial charge >= 0.3 is 0 Å². The second-order valence-corrected chi connectivity index (χ2v) is 6.57. The molecule has 0 heterocycles. The monoisotopic (exact) mass is 284 g/mol. The van der Waals surface area contributed by atoms with Gasteiger partial charge < -0.3 is 9.04 Å². The summed E-state index contributed by atoms with van der Waals surface area (Å²) in [5.74, 6) is 0. The predicted octanol–water partition coefficient (Wildman–Crippen LogP) is 1.51. The molecule has 1 aromatic rings. The average Bonchev–Trinajstić information content (AvgIpc) is 2.25. The van der Waals surface area contributed by atoms with Crippen molar-refractivity contribution in [2.75, 3.05) is 27.7 Å². The molecule has 0 bridgehead atoms. The first-order valence-electron chi connectivity index (χ1n) is 5.76. The first-order valence-corrected chi connectivity index (χ1v) is 7.17. The standard InChI is InChI=1S/C7H8O3S.C6H13N2/c1-6-2-4-7(5-3-6)11(8,9)10;1-8(2,3)6-4-5-7/h2-5H,1H3,(H,8,9,10);4,6H2,1-3H3/q;+1/p-1. The third-order valence-electron chi connectivity index (χ3n) is 2.20. The van der Waals surface area contributed by atoms with E-state index in [1.807, 2.05) is 6.92 Å². The van der Waals surface area contributed by atoms with E-state index < -0.39 is 10.1 Å². The molecule has 0 saturated carbocycles. The van der Waals surface area contributed by atoms with E-state index in [2.05, 4.69) is 27.2 Å². The second-order valence-electron chi connectivity index (χ2n) is 5.19. The predicted molar refractivity (Wildman–Crippen MR) is 72.3 cm³/mol. The third-order valence-corrected chi connectivity index (χ3v) is 3.05. The number of nitriles is 1. The van der Waals surface area contributed by atoms with Gasteiger partial charge in [0.15, 0.2) is 0 Å². The van der Waals surface area contributed by atoms with Gasteiger partial charge in [-0.2, -0.15) is 5.26 Å². The highest BCUT2D eigenvalue weighted by molar-refractivity contribution is 7.85. The van der Waals surface area contributed by atoms with Gasteiger partial charge in [-0.3, -0.25) is 0 Å². The summed E-state index contributed by atoms with van der Waals surface area (Å²) in [6, 6.07) is 7.89. The lowest BCUT2D eigenvalue weighted by atomic mass is 10.2. The van der Waals surface area contributed by atoms with E-state index in [9.17, 15) is 13.0 Å². The molecular formula is C13H20N2O3S. The van der Waals surface area contributed by atoms with E-state index in [-0.39, 0.29) is 4.90 Å². The van der Waals surface area contributed by atoms with Gasteiger partial charge in [0.1, 0.15) is 10.1 Å². The molecule has 0 aliphatic carbocycles. The largest absolute Gasteiger partial charge is 0.744 e. The molecule has 5 nitrogen and oxygen atoms in total. The van der Waals surface area contributed by atoms with Crippen molar-refractivity contribution in [2.24, 2.45) is 0 Å². The van der Waals surface area contributed by atoms with Gasteiger partial charge in [0, 0.05) is 0 Å². The number of nitrogens with zero attached hydrogens (tertiary/aromatic N) is 2. The Morgan fingerprint density at radius 3 is 1.95 bits per heavy atom. The fraction of sp³-hybridized carbons (Fsp3) is 0.462. The molecule has 0 spiro atoms. The van der Waals surface area contributed by atoms with Gasteiger partial charge in [-0.25, -0.2) is 8.42 Å². The molecule has 0 radical (unpaired) electrons. The molecular weight excluding hydrogens is 264 g/mol. The van der Waals surface area contributed by atoms with Gasteiger partial charge in [0.2, 0.25) is 0 Å². The van der Waals surface area contributed by atoms with Gasteiger partial charge in [0.05, 0.1) is 45.1 Å². The lowest BCUT2D eigenvalue weighted by Gasteiger charge is -2.21. The highest BCUT2D eigenvalue weighted by Gasteiger charge is 2.03. The molecule has 0 N–H and O–H groups in total. The molecule has 1 rings (SSSR count). The van der Waals surface area contributed by atoms with Crippen molar-refractivity contribution in [3.05, 3.63) is 29.8 Å². The number of quaternary nitrogens is 1. The quantitative estimate of drug-likeness (QED) is 0.622. The molecule has 6 heteroatoms. The summed E-state index contributed by atoms with van der Waals surface area (Å²) < 4.78 is 32.0. The van der Waals surface area contributed by atoms with Gasteiger partial charge in [0.25, 0.3) is 0 Å². The number of hydrogen-bond donors (Lipinski definition) is 0. The summed E-state index contributed by atoms with van der Waals surface area (Å²) in [5, 5.41) is 8.17. The minimum atomic E-state index is -4.27. The molecule has 0 aromatic heterocycles. The van der Waals surface area contributed by atoms with Crippen LogP contribution in [0.15, 0.2) is 29.2 Å². The highest BCUT2D eigenvalue weighted by atomic mass is 32.2. The normalized spacial score (nSPS) is 11.2. The number of hydrogen-bond acceptors (Lipinski definition) is 4. The van der Waals surface area contributed by atoms with Crippen LogP contribution < -0.4 is 0 Å². The molecule has 0 unspecified atom stereocenters. The SMILES string of the molecule is C[N+](C)(C)CCC#N.Cc1ccc(S(=O)(=O)[O-])cc1. The zero-order valence-electron chi connectivity index (χ0n) is 11.8. The van der Waals surface area contributed by atoms with Crippen LogP contribution >= 0.6 is 0 Å². The maximum Gasteiger partial charge on any atom is 0.124 e. The van der Waals surface area contributed by atoms with Crippen LogP contribution in [0.3, 0.4) is 0 Å². The average molecular weight is 284 g/mol. The number of rotatable bonds is 3. The molecule has 0 atom stereocenters. The summed E-state index contributed by atoms with van der Waals surface area (Å²) in [6.07, 6.45) is 0.656. The molecule has 0 fully saturated rings. The van der Waals surface area contributed by atoms with Crippen molar-refractivity contribution >= 4 is 10.1 Å². The van der Waals surface area contributed by atoms with Gasteiger partial charge in [-0.05, 0) is 19.1 Å². The molecule has 0 aliphatic rings. The molecule has 19 heavy (non-hydrogen) atoms. The number of aryl methyl sites for hydroxylation is 1. The maximum atomic E-state index is 10.4. The van der Waals surface area contributed by atoms with Crippen LogP contribution in [-0.2, 0) is 10.1 Å². The van der Waals surface area contributed by atoms with E-state index in [0.29, 0.717) is 6.42 Å². The molecule has 1 aromatic carbocycles. The van der Waals surface area contributed by atoms with E-state index in [4.69, 9.17) is 5.26 Å². The topological polar surface area (TPSA) is 81.0 Å². The second kappa shape index (κ2) is 7.24. The van der Waals surface area contributed by atoms with E-state index in [1.165, 1.54) is 12.1 Å². The summed E-state index contributed by atoms with van der Waals surface area (Å²) in [6.45, 7) is 2.76. The summed E-state index contributed by atoms with van der Waals surface area (Å²) in [5.41, 5.74) is 0.928. The summed E-state index contributed by atoms with van der Waals surface area (Å²) in [7, 11) is 1.97. The smallest absolute Gasteiger partial charge is 0.124 e. The first-order chi connectivity index (χ1) is 8.56. The fourth-order valence-electron chi connectivity index (χ4n) is 1.09. The van der Waals surface area contributed by atoms with Crippen LogP contribution in [0.5, 0.6) is 0 Å². The Kier molecular flexibility index (Phi) is 6.70. The Labute approximate surface area is 115 Å². The Bertz CT molecular complexity index is 522. The summed E-state index contributed by atoms with van der Waals surface area (Å²) >= 11 is 0. The lowest BCUT2D eigenvalue weighted by Crippen LogP contribution is -2.34. The Morgan fingerprint density at radius 1 is 1.21 bits per heavy atom. The zero-order valence-corrected chi connectivity index (χ0v) is 12.6. The van der Waals surface area contributed by atoms with Crippen LogP contribution in [0.1, 0.15) is 12.0 Å². The zero-order chi connectivity index (χ0) is 15.1. The van der Waals surface area contributed by atoms with Crippen molar-refractivity contribution < 1.29 is 17.5 Å². The number of benzene rings is 1.